The molecule has 0 aliphatic rings. The van der Waals surface area contributed by atoms with Crippen molar-refractivity contribution >= 4 is 12.1 Å². The fraction of sp³-hybridized carbons (Fsp3) is 0.917. The summed E-state index contributed by atoms with van der Waals surface area (Å²) >= 11 is 0. The molecule has 172 valence electrons. The van der Waals surface area contributed by atoms with Gasteiger partial charge in [0.2, 0.25) is 0 Å². The van der Waals surface area contributed by atoms with Gasteiger partial charge < -0.3 is 14.8 Å². The van der Waals surface area contributed by atoms with Gasteiger partial charge in [0.15, 0.2) is 0 Å². The van der Waals surface area contributed by atoms with Crippen LogP contribution in [0.5, 0.6) is 0 Å². The van der Waals surface area contributed by atoms with E-state index in [1.807, 2.05) is 13.8 Å². The molecule has 5 heteroatoms. The Morgan fingerprint density at radius 1 is 0.759 bits per heavy atom. The van der Waals surface area contributed by atoms with Crippen molar-refractivity contribution < 1.29 is 19.1 Å². The zero-order valence-electron chi connectivity index (χ0n) is 19.6. The summed E-state index contributed by atoms with van der Waals surface area (Å²) in [4.78, 5) is 23.6. The van der Waals surface area contributed by atoms with Crippen molar-refractivity contribution in [3.8, 4) is 0 Å². The van der Waals surface area contributed by atoms with Gasteiger partial charge in [0.25, 0.3) is 0 Å². The van der Waals surface area contributed by atoms with Crippen molar-refractivity contribution in [1.29, 1.82) is 0 Å². The fourth-order valence-corrected chi connectivity index (χ4v) is 3.46. The molecule has 0 aromatic carbocycles. The van der Waals surface area contributed by atoms with Gasteiger partial charge in [-0.25, -0.2) is 9.59 Å². The van der Waals surface area contributed by atoms with E-state index in [0.717, 1.165) is 12.8 Å². The first-order valence-electron chi connectivity index (χ1n) is 12.0. The van der Waals surface area contributed by atoms with Crippen LogP contribution in [0.4, 0.5) is 4.79 Å². The van der Waals surface area contributed by atoms with Crippen LogP contribution in [0.1, 0.15) is 117 Å². The summed E-state index contributed by atoms with van der Waals surface area (Å²) in [6.45, 7) is 6.70. The lowest BCUT2D eigenvalue weighted by Gasteiger charge is -2.18. The van der Waals surface area contributed by atoms with Crippen LogP contribution in [0.2, 0.25) is 0 Å². The number of unbranched alkanes of at least 4 members (excludes halogenated alkanes) is 13. The maximum Gasteiger partial charge on any atom is 0.407 e. The Bertz CT molecular complexity index is 398. The topological polar surface area (TPSA) is 64.6 Å². The number of hydrogen-bond acceptors (Lipinski definition) is 4. The minimum absolute atomic E-state index is 0.283. The molecule has 0 saturated heterocycles. The standard InChI is InChI=1S/C24H47NO4/c1-5-6-7-8-9-10-11-12-13-14-15-16-17-18-19-29-23(26)22(20-21(2)3)25-24(27)28-4/h21-22H,5-20H2,1-4H3,(H,25,27). The molecular weight excluding hydrogens is 366 g/mol. The lowest BCUT2D eigenvalue weighted by molar-refractivity contribution is -0.146. The van der Waals surface area contributed by atoms with Gasteiger partial charge in [0.05, 0.1) is 13.7 Å². The molecule has 0 aliphatic heterocycles. The van der Waals surface area contributed by atoms with E-state index >= 15 is 0 Å². The number of amides is 1. The number of hydrogen-bond donors (Lipinski definition) is 1. The molecule has 0 aromatic heterocycles. The van der Waals surface area contributed by atoms with Crippen LogP contribution < -0.4 is 5.32 Å². The van der Waals surface area contributed by atoms with Crippen molar-refractivity contribution in [2.24, 2.45) is 5.92 Å². The summed E-state index contributed by atoms with van der Waals surface area (Å²) < 4.78 is 9.93. The molecule has 0 bridgehead atoms. The molecule has 0 aromatic rings. The van der Waals surface area contributed by atoms with Crippen LogP contribution >= 0.6 is 0 Å². The normalized spacial score (nSPS) is 12.0. The van der Waals surface area contributed by atoms with Crippen LogP contribution in [0.25, 0.3) is 0 Å². The van der Waals surface area contributed by atoms with Crippen LogP contribution in [0.3, 0.4) is 0 Å². The maximum atomic E-state index is 12.2. The Morgan fingerprint density at radius 3 is 1.62 bits per heavy atom. The van der Waals surface area contributed by atoms with E-state index in [1.54, 1.807) is 0 Å². The number of carbonyl (C=O) groups is 2. The zero-order valence-corrected chi connectivity index (χ0v) is 19.6. The average Bonchev–Trinajstić information content (AvgIpc) is 2.69. The molecule has 0 aliphatic carbocycles. The summed E-state index contributed by atoms with van der Waals surface area (Å²) in [6, 6.07) is -0.630. The summed E-state index contributed by atoms with van der Waals surface area (Å²) in [5.41, 5.74) is 0. The van der Waals surface area contributed by atoms with Gasteiger partial charge in [-0.05, 0) is 18.8 Å². The van der Waals surface area contributed by atoms with Crippen molar-refractivity contribution in [1.82, 2.24) is 5.32 Å². The Balaban J connectivity index is 3.56. The number of rotatable bonds is 19. The highest BCUT2D eigenvalue weighted by atomic mass is 16.5. The minimum atomic E-state index is -0.630. The highest BCUT2D eigenvalue weighted by molar-refractivity contribution is 5.81. The summed E-state index contributed by atoms with van der Waals surface area (Å²) in [5.74, 6) is -0.0791. The van der Waals surface area contributed by atoms with Crippen molar-refractivity contribution in [3.05, 3.63) is 0 Å². The van der Waals surface area contributed by atoms with Gasteiger partial charge in [-0.1, -0.05) is 104 Å². The highest BCUT2D eigenvalue weighted by Crippen LogP contribution is 2.13. The van der Waals surface area contributed by atoms with Gasteiger partial charge in [0.1, 0.15) is 6.04 Å². The number of methoxy groups -OCH3 is 1. The predicted octanol–water partition coefficient (Wildman–Crippen LogP) is 6.78. The Labute approximate surface area is 179 Å². The number of esters is 1. The number of nitrogens with one attached hydrogen (secondary N) is 1. The molecule has 1 amide bonds. The second-order valence-corrected chi connectivity index (χ2v) is 8.58. The Morgan fingerprint density at radius 2 is 1.21 bits per heavy atom. The second-order valence-electron chi connectivity index (χ2n) is 8.58. The molecule has 0 rings (SSSR count). The third-order valence-electron chi connectivity index (χ3n) is 5.21. The van der Waals surface area contributed by atoms with Gasteiger partial charge in [-0.2, -0.15) is 0 Å². The van der Waals surface area contributed by atoms with E-state index in [0.29, 0.717) is 13.0 Å². The highest BCUT2D eigenvalue weighted by Gasteiger charge is 2.23. The van der Waals surface area contributed by atoms with Crippen molar-refractivity contribution in [2.75, 3.05) is 13.7 Å². The molecule has 1 unspecified atom stereocenters. The van der Waals surface area contributed by atoms with E-state index in [2.05, 4.69) is 17.0 Å². The lowest BCUT2D eigenvalue weighted by Crippen LogP contribution is -2.42. The molecule has 0 heterocycles. The van der Waals surface area contributed by atoms with E-state index in [4.69, 9.17) is 4.74 Å². The monoisotopic (exact) mass is 413 g/mol. The van der Waals surface area contributed by atoms with E-state index < -0.39 is 12.1 Å². The number of carbonyl (C=O) groups excluding carboxylic acids is 2. The molecule has 0 radical (unpaired) electrons. The molecule has 1 atom stereocenters. The first kappa shape index (κ1) is 27.7. The third kappa shape index (κ3) is 18.5. The van der Waals surface area contributed by atoms with E-state index in [1.165, 1.54) is 84.2 Å². The fourth-order valence-electron chi connectivity index (χ4n) is 3.46. The molecular formula is C24H47NO4. The molecule has 0 spiro atoms. The summed E-state index contributed by atoms with van der Waals surface area (Å²) in [5, 5.41) is 2.56. The number of ether oxygens (including phenoxy) is 2. The smallest absolute Gasteiger partial charge is 0.407 e. The summed E-state index contributed by atoms with van der Waals surface area (Å²) in [6.07, 6.45) is 18.2. The van der Waals surface area contributed by atoms with Crippen molar-refractivity contribution in [3.63, 3.8) is 0 Å². The predicted molar refractivity (Wildman–Crippen MR) is 120 cm³/mol. The number of alkyl carbamates (subject to hydrolysis) is 1. The zero-order chi connectivity index (χ0) is 21.7. The molecule has 29 heavy (non-hydrogen) atoms. The third-order valence-corrected chi connectivity index (χ3v) is 5.21. The van der Waals surface area contributed by atoms with Crippen LogP contribution in [0, 0.1) is 5.92 Å². The van der Waals surface area contributed by atoms with Gasteiger partial charge in [-0.3, -0.25) is 0 Å². The molecule has 1 N–H and O–H groups in total. The first-order chi connectivity index (χ1) is 14.0. The van der Waals surface area contributed by atoms with E-state index in [-0.39, 0.29) is 11.9 Å². The van der Waals surface area contributed by atoms with Gasteiger partial charge in [-0.15, -0.1) is 0 Å². The lowest BCUT2D eigenvalue weighted by atomic mass is 10.0. The Hall–Kier alpha value is -1.26. The summed E-state index contributed by atoms with van der Waals surface area (Å²) in [7, 11) is 1.29. The first-order valence-corrected chi connectivity index (χ1v) is 12.0. The second kappa shape index (κ2) is 20.0. The Kier molecular flexibility index (Phi) is 19.2. The van der Waals surface area contributed by atoms with Crippen LogP contribution in [-0.4, -0.2) is 31.8 Å². The van der Waals surface area contributed by atoms with Crippen LogP contribution in [-0.2, 0) is 14.3 Å². The molecule has 0 fully saturated rings. The maximum absolute atomic E-state index is 12.2. The van der Waals surface area contributed by atoms with Gasteiger partial charge in [0, 0.05) is 0 Å². The molecule has 5 nitrogen and oxygen atoms in total. The average molecular weight is 414 g/mol. The minimum Gasteiger partial charge on any atom is -0.464 e. The van der Waals surface area contributed by atoms with Crippen molar-refractivity contribution in [2.45, 2.75) is 123 Å². The quantitative estimate of drug-likeness (QED) is 0.187. The van der Waals surface area contributed by atoms with Gasteiger partial charge >= 0.3 is 12.1 Å². The molecule has 0 saturated carbocycles. The SMILES string of the molecule is CCCCCCCCCCCCCCCCOC(=O)C(CC(C)C)NC(=O)OC. The van der Waals surface area contributed by atoms with E-state index in [9.17, 15) is 9.59 Å². The van der Waals surface area contributed by atoms with Crippen LogP contribution in [0.15, 0.2) is 0 Å². The largest absolute Gasteiger partial charge is 0.464 e.